The first-order valence-electron chi connectivity index (χ1n) is 9.20. The highest BCUT2D eigenvalue weighted by Crippen LogP contribution is 2.19. The molecule has 1 unspecified atom stereocenters. The molecule has 0 bridgehead atoms. The number of rotatable bonds is 10. The van der Waals surface area contributed by atoms with Crippen molar-refractivity contribution in [2.24, 2.45) is 0 Å². The van der Waals surface area contributed by atoms with Crippen molar-refractivity contribution in [3.05, 3.63) is 36.4 Å². The molecule has 0 aliphatic rings. The number of hydrogen-bond acceptors (Lipinski definition) is 4. The number of carbonyl (C=O) groups is 3. The summed E-state index contributed by atoms with van der Waals surface area (Å²) in [6.45, 7) is 3.45. The fourth-order valence-electron chi connectivity index (χ4n) is 2.69. The third-order valence-corrected chi connectivity index (χ3v) is 4.08. The van der Waals surface area contributed by atoms with Crippen LogP contribution in [-0.2, 0) is 14.4 Å². The lowest BCUT2D eigenvalue weighted by atomic mass is 10.1. The molecule has 0 aliphatic heterocycles. The summed E-state index contributed by atoms with van der Waals surface area (Å²) in [5, 5.41) is 12.5. The first-order valence-corrected chi connectivity index (χ1v) is 9.20. The number of nitrogens with zero attached hydrogens (tertiary/aromatic N) is 1. The second-order valence-corrected chi connectivity index (χ2v) is 6.49. The Labute approximate surface area is 158 Å². The smallest absolute Gasteiger partial charge is 0.248 e. The van der Waals surface area contributed by atoms with Gasteiger partial charge in [0.1, 0.15) is 11.8 Å². The van der Waals surface area contributed by atoms with Crippen molar-refractivity contribution in [3.63, 3.8) is 0 Å². The molecule has 0 saturated carbocycles. The number of carbonyl (C=O) groups excluding carboxylic acids is 3. The summed E-state index contributed by atoms with van der Waals surface area (Å²) < 4.78 is 0. The number of nitrogens with one attached hydrogen (secondary N) is 3. The third kappa shape index (κ3) is 6.69. The molecule has 3 N–H and O–H groups in total. The second-order valence-electron chi connectivity index (χ2n) is 6.49. The summed E-state index contributed by atoms with van der Waals surface area (Å²) in [6, 6.07) is 10.8. The average molecular weight is 370 g/mol. The molecule has 0 radical (unpaired) electrons. The fraction of sp³-hybridized carbons (Fsp3) is 0.400. The van der Waals surface area contributed by atoms with Gasteiger partial charge in [-0.1, -0.05) is 43.7 Å². The van der Waals surface area contributed by atoms with E-state index in [2.05, 4.69) is 20.8 Å². The van der Waals surface area contributed by atoms with Crippen molar-refractivity contribution in [3.8, 4) is 11.3 Å². The molecule has 0 fully saturated rings. The lowest BCUT2D eigenvalue weighted by molar-refractivity contribution is -0.126. The van der Waals surface area contributed by atoms with Crippen molar-refractivity contribution in [1.82, 2.24) is 15.5 Å². The predicted octanol–water partition coefficient (Wildman–Crippen LogP) is 3.06. The minimum atomic E-state index is -0.628. The van der Waals surface area contributed by atoms with Crippen molar-refractivity contribution in [2.75, 3.05) is 5.32 Å². The Morgan fingerprint density at radius 2 is 1.89 bits per heavy atom. The number of aromatic nitrogens is 2. The molecule has 7 heteroatoms. The Hall–Kier alpha value is -2.96. The summed E-state index contributed by atoms with van der Waals surface area (Å²) in [4.78, 5) is 35.5. The molecule has 1 aromatic carbocycles. The Morgan fingerprint density at radius 3 is 2.56 bits per heavy atom. The van der Waals surface area contributed by atoms with Gasteiger partial charge >= 0.3 is 0 Å². The third-order valence-electron chi connectivity index (χ3n) is 4.08. The molecule has 144 valence electrons. The average Bonchev–Trinajstić information content (AvgIpc) is 3.10. The lowest BCUT2D eigenvalue weighted by Gasteiger charge is -2.17. The molecular weight excluding hydrogens is 344 g/mol. The van der Waals surface area contributed by atoms with Crippen LogP contribution in [0.15, 0.2) is 36.4 Å². The number of H-pyrrole nitrogens is 1. The summed E-state index contributed by atoms with van der Waals surface area (Å²) in [6.07, 6.45) is 2.37. The van der Waals surface area contributed by atoms with Gasteiger partial charge < -0.3 is 15.4 Å². The topological polar surface area (TPSA) is 104 Å². The van der Waals surface area contributed by atoms with Gasteiger partial charge in [0.25, 0.3) is 0 Å². The van der Waals surface area contributed by atoms with Crippen LogP contribution in [0, 0.1) is 0 Å². The Balaban J connectivity index is 1.93. The van der Waals surface area contributed by atoms with E-state index in [1.807, 2.05) is 37.3 Å². The van der Waals surface area contributed by atoms with Crippen LogP contribution in [0.5, 0.6) is 0 Å². The molecule has 1 atom stereocenters. The molecule has 0 aliphatic carbocycles. The van der Waals surface area contributed by atoms with E-state index < -0.39 is 6.04 Å². The van der Waals surface area contributed by atoms with E-state index in [4.69, 9.17) is 0 Å². The van der Waals surface area contributed by atoms with Gasteiger partial charge in [0.05, 0.1) is 5.69 Å². The first-order chi connectivity index (χ1) is 13.0. The molecule has 1 aromatic heterocycles. The standard InChI is InChI=1S/C20H26N4O3/c1-3-8-16(21-19(26)12-7-9-14(2)25)20(27)22-18-13-17(23-24-18)15-10-5-4-6-11-15/h4-6,10-11,13,16H,3,7-9,12H2,1-2H3,(H,21,26)(H2,22,23,24,27). The lowest BCUT2D eigenvalue weighted by Crippen LogP contribution is -2.43. The fourth-order valence-corrected chi connectivity index (χ4v) is 2.69. The van der Waals surface area contributed by atoms with E-state index >= 15 is 0 Å². The Bertz CT molecular complexity index is 771. The summed E-state index contributed by atoms with van der Waals surface area (Å²) in [5.74, 6) is -0.0658. The summed E-state index contributed by atoms with van der Waals surface area (Å²) in [5.41, 5.74) is 1.76. The van der Waals surface area contributed by atoms with Crippen molar-refractivity contribution in [2.45, 2.75) is 52.0 Å². The number of hydrogen-bond donors (Lipinski definition) is 3. The highest BCUT2D eigenvalue weighted by atomic mass is 16.2. The molecule has 7 nitrogen and oxygen atoms in total. The number of ketones is 1. The molecule has 27 heavy (non-hydrogen) atoms. The van der Waals surface area contributed by atoms with Crippen molar-refractivity contribution in [1.29, 1.82) is 0 Å². The molecule has 2 rings (SSSR count). The van der Waals surface area contributed by atoms with Crippen LogP contribution < -0.4 is 10.6 Å². The molecule has 2 amide bonds. The van der Waals surface area contributed by atoms with Gasteiger partial charge in [-0.3, -0.25) is 14.7 Å². The van der Waals surface area contributed by atoms with E-state index in [-0.39, 0.29) is 24.0 Å². The van der Waals surface area contributed by atoms with Gasteiger partial charge in [-0.25, -0.2) is 0 Å². The normalized spacial score (nSPS) is 11.6. The maximum atomic E-state index is 12.5. The zero-order valence-corrected chi connectivity index (χ0v) is 15.7. The van der Waals surface area contributed by atoms with E-state index in [0.29, 0.717) is 25.1 Å². The number of benzene rings is 1. The zero-order chi connectivity index (χ0) is 19.6. The van der Waals surface area contributed by atoms with Gasteiger partial charge in [0.15, 0.2) is 5.82 Å². The maximum Gasteiger partial charge on any atom is 0.248 e. The Morgan fingerprint density at radius 1 is 1.15 bits per heavy atom. The highest BCUT2D eigenvalue weighted by molar-refractivity contribution is 5.96. The van der Waals surface area contributed by atoms with E-state index in [1.165, 1.54) is 6.92 Å². The minimum Gasteiger partial charge on any atom is -0.344 e. The van der Waals surface area contributed by atoms with Gasteiger partial charge in [-0.15, -0.1) is 0 Å². The monoisotopic (exact) mass is 370 g/mol. The number of aromatic amines is 1. The van der Waals surface area contributed by atoms with Crippen LogP contribution in [0.25, 0.3) is 11.3 Å². The van der Waals surface area contributed by atoms with Crippen molar-refractivity contribution >= 4 is 23.4 Å². The number of anilines is 1. The van der Waals surface area contributed by atoms with Crippen molar-refractivity contribution < 1.29 is 14.4 Å². The van der Waals surface area contributed by atoms with E-state index in [0.717, 1.165) is 17.7 Å². The Kier molecular flexibility index (Phi) is 7.73. The molecule has 1 heterocycles. The highest BCUT2D eigenvalue weighted by Gasteiger charge is 2.20. The SMILES string of the molecule is CCCC(NC(=O)CCCC(C)=O)C(=O)Nc1cc(-c2ccccc2)[nH]n1. The van der Waals surface area contributed by atoms with Crippen LogP contribution in [0.1, 0.15) is 46.0 Å². The van der Waals surface area contributed by atoms with Crippen LogP contribution >= 0.6 is 0 Å². The van der Waals surface area contributed by atoms with Crippen LogP contribution in [0.4, 0.5) is 5.82 Å². The van der Waals surface area contributed by atoms with Gasteiger partial charge in [-0.2, -0.15) is 5.10 Å². The quantitative estimate of drug-likeness (QED) is 0.598. The molecular formula is C20H26N4O3. The molecule has 0 spiro atoms. The van der Waals surface area contributed by atoms with Gasteiger partial charge in [0.2, 0.25) is 11.8 Å². The largest absolute Gasteiger partial charge is 0.344 e. The van der Waals surface area contributed by atoms with E-state index in [9.17, 15) is 14.4 Å². The maximum absolute atomic E-state index is 12.5. The number of amides is 2. The number of Topliss-reactive ketones (excluding diaryl/α,β-unsaturated/α-hetero) is 1. The van der Waals surface area contributed by atoms with Crippen LogP contribution in [0.3, 0.4) is 0 Å². The molecule has 2 aromatic rings. The van der Waals surface area contributed by atoms with Crippen LogP contribution in [-0.4, -0.2) is 33.8 Å². The second kappa shape index (κ2) is 10.3. The summed E-state index contributed by atoms with van der Waals surface area (Å²) in [7, 11) is 0. The summed E-state index contributed by atoms with van der Waals surface area (Å²) >= 11 is 0. The predicted molar refractivity (Wildman–Crippen MR) is 104 cm³/mol. The zero-order valence-electron chi connectivity index (χ0n) is 15.7. The molecule has 0 saturated heterocycles. The van der Waals surface area contributed by atoms with Crippen LogP contribution in [0.2, 0.25) is 0 Å². The minimum absolute atomic E-state index is 0.0541. The van der Waals surface area contributed by atoms with E-state index in [1.54, 1.807) is 6.07 Å². The van der Waals surface area contributed by atoms with Gasteiger partial charge in [0, 0.05) is 18.9 Å². The first kappa shape index (κ1) is 20.4. The van der Waals surface area contributed by atoms with Gasteiger partial charge in [-0.05, 0) is 25.3 Å².